The van der Waals surface area contributed by atoms with Gasteiger partial charge in [-0.2, -0.15) is 0 Å². The lowest BCUT2D eigenvalue weighted by Gasteiger charge is -2.15. The average molecular weight is 305 g/mol. The van der Waals surface area contributed by atoms with E-state index in [2.05, 4.69) is 53.7 Å². The van der Waals surface area contributed by atoms with Crippen molar-refractivity contribution in [1.29, 1.82) is 0 Å². The summed E-state index contributed by atoms with van der Waals surface area (Å²) in [5.74, 6) is 1.34. The van der Waals surface area contributed by atoms with Crippen molar-refractivity contribution in [1.82, 2.24) is 10.6 Å². The topological polar surface area (TPSA) is 56.7 Å². The molecular weight excluding hydrogens is 274 g/mol. The molecule has 0 bridgehead atoms. The van der Waals surface area contributed by atoms with Gasteiger partial charge in [0.2, 0.25) is 0 Å². The molecule has 0 radical (unpaired) electrons. The largest absolute Gasteiger partial charge is 0.396 e. The van der Waals surface area contributed by atoms with E-state index in [9.17, 15) is 0 Å². The fraction of sp³-hybridized carbons (Fsp3) is 0.611. The Kier molecular flexibility index (Phi) is 10.1. The van der Waals surface area contributed by atoms with Crippen molar-refractivity contribution in [2.45, 2.75) is 39.5 Å². The molecule has 0 aliphatic carbocycles. The third kappa shape index (κ3) is 8.03. The lowest BCUT2D eigenvalue weighted by Crippen LogP contribution is -2.38. The zero-order valence-corrected chi connectivity index (χ0v) is 14.0. The molecular formula is C18H31N3O. The Morgan fingerprint density at radius 2 is 1.91 bits per heavy atom. The molecule has 0 aromatic heterocycles. The molecule has 124 valence electrons. The van der Waals surface area contributed by atoms with Crippen LogP contribution in [0.1, 0.15) is 38.7 Å². The molecule has 0 spiro atoms. The summed E-state index contributed by atoms with van der Waals surface area (Å²) in [5, 5.41) is 15.8. The molecule has 0 heterocycles. The summed E-state index contributed by atoms with van der Waals surface area (Å²) in [4.78, 5) is 4.67. The first kappa shape index (κ1) is 18.5. The standard InChI is InChI=1S/C18H31N3O/c1-3-8-17(12-14-22)15-21-18(19-4-2)20-13-11-16-9-6-5-7-10-16/h5-7,9-10,17,22H,3-4,8,11-15H2,1-2H3,(H2,19,20,21). The lowest BCUT2D eigenvalue weighted by molar-refractivity contribution is 0.253. The molecule has 3 N–H and O–H groups in total. The van der Waals surface area contributed by atoms with Crippen molar-refractivity contribution < 1.29 is 5.11 Å². The predicted molar refractivity (Wildman–Crippen MR) is 94.2 cm³/mol. The summed E-state index contributed by atoms with van der Waals surface area (Å²) in [6.45, 7) is 7.00. The van der Waals surface area contributed by atoms with Crippen LogP contribution in [0.3, 0.4) is 0 Å². The van der Waals surface area contributed by atoms with Crippen molar-refractivity contribution in [3.63, 3.8) is 0 Å². The Morgan fingerprint density at radius 3 is 2.55 bits per heavy atom. The normalized spacial score (nSPS) is 13.0. The highest BCUT2D eigenvalue weighted by atomic mass is 16.3. The predicted octanol–water partition coefficient (Wildman–Crippen LogP) is 2.58. The molecule has 4 nitrogen and oxygen atoms in total. The second-order valence-electron chi connectivity index (χ2n) is 5.55. The van der Waals surface area contributed by atoms with Gasteiger partial charge in [-0.3, -0.25) is 4.99 Å². The molecule has 1 aromatic rings. The van der Waals surface area contributed by atoms with Crippen LogP contribution in [0, 0.1) is 5.92 Å². The smallest absolute Gasteiger partial charge is 0.191 e. The fourth-order valence-corrected chi connectivity index (χ4v) is 2.45. The van der Waals surface area contributed by atoms with E-state index in [0.29, 0.717) is 5.92 Å². The Labute approximate surface area is 135 Å². The van der Waals surface area contributed by atoms with Crippen molar-refractivity contribution in [3.8, 4) is 0 Å². The Hall–Kier alpha value is -1.55. The first-order chi connectivity index (χ1) is 10.8. The van der Waals surface area contributed by atoms with Crippen molar-refractivity contribution in [3.05, 3.63) is 35.9 Å². The van der Waals surface area contributed by atoms with Gasteiger partial charge in [-0.15, -0.1) is 0 Å². The van der Waals surface area contributed by atoms with Gasteiger partial charge in [0.05, 0.1) is 0 Å². The number of aliphatic hydroxyl groups is 1. The number of aliphatic imine (C=N–C) groups is 1. The van der Waals surface area contributed by atoms with Gasteiger partial charge < -0.3 is 15.7 Å². The molecule has 0 aliphatic rings. The molecule has 22 heavy (non-hydrogen) atoms. The Morgan fingerprint density at radius 1 is 1.14 bits per heavy atom. The Balaban J connectivity index is 2.43. The summed E-state index contributed by atoms with van der Waals surface area (Å²) >= 11 is 0. The van der Waals surface area contributed by atoms with Gasteiger partial charge in [-0.05, 0) is 37.7 Å². The van der Waals surface area contributed by atoms with Crippen LogP contribution in [-0.4, -0.2) is 37.3 Å². The van der Waals surface area contributed by atoms with Crippen molar-refractivity contribution >= 4 is 5.96 Å². The van der Waals surface area contributed by atoms with Gasteiger partial charge in [-0.25, -0.2) is 0 Å². The zero-order valence-electron chi connectivity index (χ0n) is 14.0. The average Bonchev–Trinajstić information content (AvgIpc) is 2.54. The molecule has 0 saturated carbocycles. The highest BCUT2D eigenvalue weighted by Gasteiger charge is 2.07. The van der Waals surface area contributed by atoms with Gasteiger partial charge in [0, 0.05) is 26.2 Å². The number of guanidine groups is 1. The first-order valence-electron chi connectivity index (χ1n) is 8.47. The zero-order chi connectivity index (χ0) is 16.0. The van der Waals surface area contributed by atoms with Crippen LogP contribution in [0.15, 0.2) is 35.3 Å². The minimum atomic E-state index is 0.248. The van der Waals surface area contributed by atoms with Gasteiger partial charge in [0.15, 0.2) is 5.96 Å². The van der Waals surface area contributed by atoms with Crippen LogP contribution in [-0.2, 0) is 6.42 Å². The van der Waals surface area contributed by atoms with E-state index in [-0.39, 0.29) is 6.61 Å². The maximum atomic E-state index is 9.12. The summed E-state index contributed by atoms with van der Waals surface area (Å²) in [5.41, 5.74) is 1.33. The lowest BCUT2D eigenvalue weighted by atomic mass is 10.0. The third-order valence-corrected chi connectivity index (χ3v) is 3.64. The summed E-state index contributed by atoms with van der Waals surface area (Å²) in [6.07, 6.45) is 4.08. The van der Waals surface area contributed by atoms with Crippen LogP contribution in [0.5, 0.6) is 0 Å². The van der Waals surface area contributed by atoms with Crippen LogP contribution in [0.2, 0.25) is 0 Å². The SMILES string of the molecule is CCCC(CCO)CN=C(NCC)NCCc1ccccc1. The van der Waals surface area contributed by atoms with Crippen molar-refractivity contribution in [2.24, 2.45) is 10.9 Å². The van der Waals surface area contributed by atoms with Crippen LogP contribution in [0.25, 0.3) is 0 Å². The molecule has 4 heteroatoms. The summed E-state index contributed by atoms with van der Waals surface area (Å²) < 4.78 is 0. The van der Waals surface area contributed by atoms with Gasteiger partial charge in [0.25, 0.3) is 0 Å². The van der Waals surface area contributed by atoms with Crippen LogP contribution >= 0.6 is 0 Å². The van der Waals surface area contributed by atoms with E-state index in [0.717, 1.165) is 51.3 Å². The number of nitrogens with one attached hydrogen (secondary N) is 2. The molecule has 0 amide bonds. The Bertz CT molecular complexity index is 400. The number of benzene rings is 1. The minimum absolute atomic E-state index is 0.248. The monoisotopic (exact) mass is 305 g/mol. The summed E-state index contributed by atoms with van der Waals surface area (Å²) in [7, 11) is 0. The van der Waals surface area contributed by atoms with Crippen LogP contribution in [0.4, 0.5) is 0 Å². The van der Waals surface area contributed by atoms with E-state index >= 15 is 0 Å². The number of hydrogen-bond acceptors (Lipinski definition) is 2. The third-order valence-electron chi connectivity index (χ3n) is 3.64. The maximum Gasteiger partial charge on any atom is 0.191 e. The second-order valence-corrected chi connectivity index (χ2v) is 5.55. The number of rotatable bonds is 10. The molecule has 0 aliphatic heterocycles. The quantitative estimate of drug-likeness (QED) is 0.460. The molecule has 1 atom stereocenters. The molecule has 1 rings (SSSR count). The highest BCUT2D eigenvalue weighted by Crippen LogP contribution is 2.10. The van der Waals surface area contributed by atoms with Gasteiger partial charge >= 0.3 is 0 Å². The highest BCUT2D eigenvalue weighted by molar-refractivity contribution is 5.79. The number of hydrogen-bond donors (Lipinski definition) is 3. The minimum Gasteiger partial charge on any atom is -0.396 e. The molecule has 0 saturated heterocycles. The molecule has 1 unspecified atom stereocenters. The maximum absolute atomic E-state index is 9.12. The van der Waals surface area contributed by atoms with E-state index in [4.69, 9.17) is 5.11 Å². The molecule has 1 aromatic carbocycles. The van der Waals surface area contributed by atoms with Crippen molar-refractivity contribution in [2.75, 3.05) is 26.2 Å². The van der Waals surface area contributed by atoms with Crippen LogP contribution < -0.4 is 10.6 Å². The first-order valence-corrected chi connectivity index (χ1v) is 8.47. The fourth-order valence-electron chi connectivity index (χ4n) is 2.45. The van der Waals surface area contributed by atoms with E-state index in [1.807, 2.05) is 6.07 Å². The van der Waals surface area contributed by atoms with Gasteiger partial charge in [-0.1, -0.05) is 43.7 Å². The van der Waals surface area contributed by atoms with E-state index < -0.39 is 0 Å². The number of nitrogens with zero attached hydrogens (tertiary/aromatic N) is 1. The van der Waals surface area contributed by atoms with E-state index in [1.54, 1.807) is 0 Å². The van der Waals surface area contributed by atoms with Gasteiger partial charge in [0.1, 0.15) is 0 Å². The molecule has 0 fully saturated rings. The second kappa shape index (κ2) is 12.0. The summed E-state index contributed by atoms with van der Waals surface area (Å²) in [6, 6.07) is 10.5. The number of aliphatic hydroxyl groups excluding tert-OH is 1. The van der Waals surface area contributed by atoms with E-state index in [1.165, 1.54) is 5.56 Å².